The van der Waals surface area contributed by atoms with E-state index in [4.69, 9.17) is 4.74 Å². The average molecular weight is 415 g/mol. The van der Waals surface area contributed by atoms with E-state index in [1.165, 1.54) is 6.42 Å². The van der Waals surface area contributed by atoms with Crippen molar-refractivity contribution in [2.24, 2.45) is 5.92 Å². The lowest BCUT2D eigenvalue weighted by molar-refractivity contribution is -0.124. The molecule has 2 aromatic heterocycles. The van der Waals surface area contributed by atoms with Crippen LogP contribution in [0, 0.1) is 5.92 Å². The van der Waals surface area contributed by atoms with Crippen molar-refractivity contribution >= 4 is 28.5 Å². The number of fused-ring (bicyclic) bond motifs is 2. The number of hydrogen-bond donors (Lipinski definition) is 0. The number of methoxy groups -OCH3 is 1. The van der Waals surface area contributed by atoms with Crippen LogP contribution in [0.15, 0.2) is 48.5 Å². The van der Waals surface area contributed by atoms with E-state index >= 15 is 0 Å². The highest BCUT2D eigenvalue weighted by Gasteiger charge is 2.40. The molecule has 0 saturated heterocycles. The van der Waals surface area contributed by atoms with Gasteiger partial charge in [0.2, 0.25) is 5.88 Å². The number of benzene rings is 1. The second-order valence-corrected chi connectivity index (χ2v) is 8.35. The number of Topliss-reactive ketones (excluding diaryl/α,β-unsaturated/α-hetero) is 1. The summed E-state index contributed by atoms with van der Waals surface area (Å²) in [5, 5.41) is 0.864. The van der Waals surface area contributed by atoms with Crippen LogP contribution < -0.4 is 9.64 Å². The number of aromatic nitrogens is 2. The molecule has 1 unspecified atom stereocenters. The normalized spacial score (nSPS) is 18.9. The van der Waals surface area contributed by atoms with Gasteiger partial charge in [0.25, 0.3) is 5.91 Å². The first-order valence-corrected chi connectivity index (χ1v) is 10.9. The van der Waals surface area contributed by atoms with Gasteiger partial charge >= 0.3 is 0 Å². The molecule has 1 aliphatic carbocycles. The van der Waals surface area contributed by atoms with E-state index in [1.807, 2.05) is 42.5 Å². The highest BCUT2D eigenvalue weighted by Crippen LogP contribution is 2.40. The highest BCUT2D eigenvalue weighted by atomic mass is 16.5. The smallest absolute Gasteiger partial charge is 0.260 e. The molecule has 0 radical (unpaired) electrons. The first kappa shape index (κ1) is 19.7. The average Bonchev–Trinajstić information content (AvgIpc) is 3.10. The zero-order valence-electron chi connectivity index (χ0n) is 17.6. The minimum absolute atomic E-state index is 0.106. The number of hydrogen-bond acceptors (Lipinski definition) is 5. The standard InChI is InChI=1S/C25H25N3O3/c1-31-23-14-12-17-11-13-22(26-24(17)27-23)28-20(15-21(29)16-7-3-2-4-8-16)18-9-5-6-10-19(18)25(28)30/h5-6,9-14,16,20H,2-4,7-8,15H2,1H3. The monoisotopic (exact) mass is 415 g/mol. The van der Waals surface area contributed by atoms with Crippen molar-refractivity contribution in [2.45, 2.75) is 44.6 Å². The fraction of sp³-hybridized carbons (Fsp3) is 0.360. The first-order chi connectivity index (χ1) is 15.2. The van der Waals surface area contributed by atoms with Gasteiger partial charge in [0.1, 0.15) is 11.6 Å². The molecule has 1 atom stereocenters. The Bertz CT molecular complexity index is 1150. The third-order valence-electron chi connectivity index (χ3n) is 6.50. The molecule has 1 saturated carbocycles. The quantitative estimate of drug-likeness (QED) is 0.594. The molecular weight excluding hydrogens is 390 g/mol. The predicted molar refractivity (Wildman–Crippen MR) is 118 cm³/mol. The molecule has 6 nitrogen and oxygen atoms in total. The van der Waals surface area contributed by atoms with Gasteiger partial charge in [0.05, 0.1) is 13.2 Å². The van der Waals surface area contributed by atoms with Crippen molar-refractivity contribution in [1.29, 1.82) is 0 Å². The van der Waals surface area contributed by atoms with Crippen molar-refractivity contribution < 1.29 is 14.3 Å². The minimum atomic E-state index is -0.339. The molecule has 0 spiro atoms. The Labute approximate surface area is 181 Å². The SMILES string of the molecule is COc1ccc2ccc(N3C(=O)c4ccccc4C3CC(=O)C3CCCCC3)nc2n1. The Hall–Kier alpha value is -3.28. The molecule has 0 N–H and O–H groups in total. The molecule has 0 bridgehead atoms. The van der Waals surface area contributed by atoms with E-state index in [0.717, 1.165) is 36.6 Å². The Morgan fingerprint density at radius 3 is 2.61 bits per heavy atom. The van der Waals surface area contributed by atoms with Gasteiger partial charge < -0.3 is 4.74 Å². The molecule has 1 aliphatic heterocycles. The maximum absolute atomic E-state index is 13.4. The van der Waals surface area contributed by atoms with E-state index in [2.05, 4.69) is 9.97 Å². The Kier molecular flexibility index (Phi) is 5.14. The van der Waals surface area contributed by atoms with E-state index < -0.39 is 0 Å². The van der Waals surface area contributed by atoms with Crippen LogP contribution in [0.2, 0.25) is 0 Å². The van der Waals surface area contributed by atoms with Crippen LogP contribution in [0.4, 0.5) is 5.82 Å². The molecule has 1 amide bonds. The number of carbonyl (C=O) groups is 2. The van der Waals surface area contributed by atoms with Gasteiger partial charge in [-0.1, -0.05) is 37.5 Å². The molecule has 1 fully saturated rings. The van der Waals surface area contributed by atoms with Gasteiger partial charge in [-0.15, -0.1) is 0 Å². The van der Waals surface area contributed by atoms with Gasteiger partial charge in [-0.05, 0) is 42.7 Å². The van der Waals surface area contributed by atoms with Gasteiger partial charge in [-0.3, -0.25) is 14.5 Å². The van der Waals surface area contributed by atoms with Crippen molar-refractivity contribution in [3.05, 3.63) is 59.7 Å². The molecule has 158 valence electrons. The minimum Gasteiger partial charge on any atom is -0.481 e. The molecular formula is C25H25N3O3. The van der Waals surface area contributed by atoms with Gasteiger partial charge in [-0.25, -0.2) is 4.98 Å². The maximum atomic E-state index is 13.4. The lowest BCUT2D eigenvalue weighted by Crippen LogP contribution is -2.31. The number of amides is 1. The van der Waals surface area contributed by atoms with Crippen LogP contribution in [0.25, 0.3) is 11.0 Å². The summed E-state index contributed by atoms with van der Waals surface area (Å²) in [5.74, 6) is 1.22. The lowest BCUT2D eigenvalue weighted by atomic mass is 9.83. The van der Waals surface area contributed by atoms with Crippen LogP contribution in [-0.2, 0) is 4.79 Å². The topological polar surface area (TPSA) is 72.4 Å². The second-order valence-electron chi connectivity index (χ2n) is 8.35. The van der Waals surface area contributed by atoms with E-state index in [0.29, 0.717) is 29.3 Å². The summed E-state index contributed by atoms with van der Waals surface area (Å²) in [6.07, 6.45) is 5.66. The van der Waals surface area contributed by atoms with Crippen LogP contribution in [0.1, 0.15) is 60.5 Å². The van der Waals surface area contributed by atoms with Crippen molar-refractivity contribution in [2.75, 3.05) is 12.0 Å². The fourth-order valence-electron chi connectivity index (χ4n) is 4.86. The number of pyridine rings is 2. The summed E-state index contributed by atoms with van der Waals surface area (Å²) in [4.78, 5) is 37.3. The molecule has 2 aliphatic rings. The van der Waals surface area contributed by atoms with Crippen LogP contribution >= 0.6 is 0 Å². The third-order valence-corrected chi connectivity index (χ3v) is 6.50. The number of rotatable bonds is 5. The van der Waals surface area contributed by atoms with Crippen molar-refractivity contribution in [3.63, 3.8) is 0 Å². The Morgan fingerprint density at radius 2 is 1.81 bits per heavy atom. The van der Waals surface area contributed by atoms with Gasteiger partial charge in [-0.2, -0.15) is 4.98 Å². The van der Waals surface area contributed by atoms with E-state index in [9.17, 15) is 9.59 Å². The summed E-state index contributed by atoms with van der Waals surface area (Å²) in [7, 11) is 1.56. The molecule has 1 aromatic carbocycles. The summed E-state index contributed by atoms with van der Waals surface area (Å²) in [5.41, 5.74) is 2.06. The third kappa shape index (κ3) is 3.56. The van der Waals surface area contributed by atoms with E-state index in [1.54, 1.807) is 18.1 Å². The zero-order chi connectivity index (χ0) is 21.4. The van der Waals surface area contributed by atoms with Gasteiger partial charge in [0, 0.05) is 29.4 Å². The highest BCUT2D eigenvalue weighted by molar-refractivity contribution is 6.11. The first-order valence-electron chi connectivity index (χ1n) is 10.9. The summed E-state index contributed by atoms with van der Waals surface area (Å²) in [6.45, 7) is 0. The lowest BCUT2D eigenvalue weighted by Gasteiger charge is -2.27. The van der Waals surface area contributed by atoms with Gasteiger partial charge in [0.15, 0.2) is 5.65 Å². The molecule has 6 heteroatoms. The molecule has 3 aromatic rings. The number of nitrogens with zero attached hydrogens (tertiary/aromatic N) is 3. The zero-order valence-corrected chi connectivity index (χ0v) is 17.6. The van der Waals surface area contributed by atoms with Crippen LogP contribution in [0.3, 0.4) is 0 Å². The number of carbonyl (C=O) groups excluding carboxylic acids is 2. The van der Waals surface area contributed by atoms with Crippen molar-refractivity contribution in [3.8, 4) is 5.88 Å². The van der Waals surface area contributed by atoms with E-state index in [-0.39, 0.29) is 23.7 Å². The van der Waals surface area contributed by atoms with Crippen molar-refractivity contribution in [1.82, 2.24) is 9.97 Å². The number of ether oxygens (including phenoxy) is 1. The number of anilines is 1. The molecule has 31 heavy (non-hydrogen) atoms. The second kappa shape index (κ2) is 8.10. The summed E-state index contributed by atoms with van der Waals surface area (Å²) in [6, 6.07) is 14.6. The molecule has 5 rings (SSSR count). The van der Waals surface area contributed by atoms with Crippen LogP contribution in [0.5, 0.6) is 5.88 Å². The number of ketones is 1. The van der Waals surface area contributed by atoms with Crippen LogP contribution in [-0.4, -0.2) is 28.8 Å². The fourth-order valence-corrected chi connectivity index (χ4v) is 4.86. The Morgan fingerprint density at radius 1 is 1.03 bits per heavy atom. The summed E-state index contributed by atoms with van der Waals surface area (Å²) < 4.78 is 5.22. The summed E-state index contributed by atoms with van der Waals surface area (Å²) >= 11 is 0. The predicted octanol–water partition coefficient (Wildman–Crippen LogP) is 4.88. The Balaban J connectivity index is 1.53. The largest absolute Gasteiger partial charge is 0.481 e. The molecule has 3 heterocycles. The maximum Gasteiger partial charge on any atom is 0.260 e.